The molecule has 0 saturated carbocycles. The van der Waals surface area contributed by atoms with Crippen LogP contribution in [0, 0.1) is 0 Å². The van der Waals surface area contributed by atoms with Gasteiger partial charge in [0.25, 0.3) is 0 Å². The first-order valence-electron chi connectivity index (χ1n) is 7.40. The fraction of sp³-hybridized carbons (Fsp3) is 0.278. The van der Waals surface area contributed by atoms with Gasteiger partial charge in [-0.3, -0.25) is 0 Å². The van der Waals surface area contributed by atoms with Gasteiger partial charge in [-0.25, -0.2) is 4.79 Å². The second kappa shape index (κ2) is 8.81. The number of hydrogen-bond donors (Lipinski definition) is 0. The molecule has 4 nitrogen and oxygen atoms in total. The normalized spacial score (nSPS) is 10.5. The second-order valence-electron chi connectivity index (χ2n) is 5.03. The van der Waals surface area contributed by atoms with Gasteiger partial charge in [-0.2, -0.15) is 0 Å². The maximum atomic E-state index is 11.3. The molecule has 0 amide bonds. The van der Waals surface area contributed by atoms with Crippen molar-refractivity contribution in [1.82, 2.24) is 0 Å². The van der Waals surface area contributed by atoms with Crippen molar-refractivity contribution in [2.24, 2.45) is 0 Å². The summed E-state index contributed by atoms with van der Waals surface area (Å²) in [6.07, 6.45) is 0. The van der Waals surface area contributed by atoms with Crippen LogP contribution in [0.5, 0.6) is 11.5 Å². The minimum absolute atomic E-state index is 0.112. The summed E-state index contributed by atoms with van der Waals surface area (Å²) in [5.41, 5.74) is 0.347. The molecular weight excluding hydrogens is 351 g/mol. The highest BCUT2D eigenvalue weighted by atomic mass is 35.5. The molecule has 0 radical (unpaired) electrons. The van der Waals surface area contributed by atoms with Crippen molar-refractivity contribution in [2.45, 2.75) is 6.92 Å². The van der Waals surface area contributed by atoms with Crippen LogP contribution in [0.15, 0.2) is 42.5 Å². The minimum atomic E-state index is -0.445. The van der Waals surface area contributed by atoms with Crippen molar-refractivity contribution in [1.29, 1.82) is 0 Å². The Bertz CT molecular complexity index is 743. The number of fused-ring (bicyclic) bond motifs is 1. The summed E-state index contributed by atoms with van der Waals surface area (Å²) in [6.45, 7) is 5.80. The Kier molecular flexibility index (Phi) is 6.76. The van der Waals surface area contributed by atoms with Crippen LogP contribution in [0.25, 0.3) is 10.8 Å². The van der Waals surface area contributed by atoms with Crippen molar-refractivity contribution in [3.8, 4) is 11.5 Å². The largest absolute Gasteiger partial charge is 0.492 e. The molecule has 0 N–H and O–H groups in total. The van der Waals surface area contributed by atoms with E-state index in [-0.39, 0.29) is 13.2 Å². The maximum absolute atomic E-state index is 11.3. The molecule has 2 aromatic carbocycles. The summed E-state index contributed by atoms with van der Waals surface area (Å²) in [5.74, 6) is 1.12. The molecule has 2 rings (SSSR count). The molecule has 0 aliphatic rings. The molecule has 24 heavy (non-hydrogen) atoms. The van der Waals surface area contributed by atoms with E-state index >= 15 is 0 Å². The number of carbonyl (C=O) groups excluding carboxylic acids is 1. The van der Waals surface area contributed by atoms with Gasteiger partial charge in [0.2, 0.25) is 0 Å². The van der Waals surface area contributed by atoms with Gasteiger partial charge in [0.05, 0.1) is 10.9 Å². The Morgan fingerprint density at radius 1 is 1.12 bits per heavy atom. The Labute approximate surface area is 150 Å². The molecule has 0 aromatic heterocycles. The predicted molar refractivity (Wildman–Crippen MR) is 96.4 cm³/mol. The van der Waals surface area contributed by atoms with E-state index in [1.54, 1.807) is 13.0 Å². The molecule has 0 atom stereocenters. The van der Waals surface area contributed by atoms with Gasteiger partial charge in [0.1, 0.15) is 31.3 Å². The molecule has 0 heterocycles. The van der Waals surface area contributed by atoms with E-state index in [1.807, 2.05) is 24.3 Å². The fourth-order valence-electron chi connectivity index (χ4n) is 2.10. The zero-order chi connectivity index (χ0) is 17.5. The van der Waals surface area contributed by atoms with Crippen LogP contribution in [0.2, 0.25) is 5.02 Å². The van der Waals surface area contributed by atoms with E-state index in [0.717, 1.165) is 10.8 Å². The van der Waals surface area contributed by atoms with E-state index < -0.39 is 5.97 Å². The van der Waals surface area contributed by atoms with Gasteiger partial charge in [-0.05, 0) is 6.92 Å². The van der Waals surface area contributed by atoms with Gasteiger partial charge >= 0.3 is 5.97 Å². The summed E-state index contributed by atoms with van der Waals surface area (Å²) < 4.78 is 16.4. The maximum Gasteiger partial charge on any atom is 0.333 e. The van der Waals surface area contributed by atoms with Gasteiger partial charge in [0.15, 0.2) is 0 Å². The Balaban J connectivity index is 2.17. The first kappa shape index (κ1) is 18.4. The topological polar surface area (TPSA) is 44.8 Å². The molecule has 0 aliphatic heterocycles. The third-order valence-corrected chi connectivity index (χ3v) is 3.59. The zero-order valence-corrected chi connectivity index (χ0v) is 14.8. The highest BCUT2D eigenvalue weighted by Crippen LogP contribution is 2.39. The van der Waals surface area contributed by atoms with Crippen molar-refractivity contribution in [3.05, 3.63) is 47.5 Å². The molecule has 128 valence electrons. The van der Waals surface area contributed by atoms with Crippen LogP contribution in [0.3, 0.4) is 0 Å². The quantitative estimate of drug-likeness (QED) is 0.295. The molecule has 0 spiro atoms. The van der Waals surface area contributed by atoms with Crippen molar-refractivity contribution >= 4 is 39.9 Å². The number of carbonyl (C=O) groups is 1. The van der Waals surface area contributed by atoms with Crippen molar-refractivity contribution in [2.75, 3.05) is 25.7 Å². The van der Waals surface area contributed by atoms with E-state index in [4.69, 9.17) is 37.4 Å². The first-order chi connectivity index (χ1) is 11.5. The number of esters is 1. The number of alkyl halides is 1. The molecule has 2 aromatic rings. The fourth-order valence-corrected chi connectivity index (χ4v) is 2.43. The highest BCUT2D eigenvalue weighted by Gasteiger charge is 2.13. The van der Waals surface area contributed by atoms with Crippen molar-refractivity contribution < 1.29 is 19.0 Å². The molecule has 0 aliphatic carbocycles. The highest BCUT2D eigenvalue weighted by molar-refractivity contribution is 6.33. The average molecular weight is 369 g/mol. The lowest BCUT2D eigenvalue weighted by molar-refractivity contribution is -0.139. The number of hydrogen-bond acceptors (Lipinski definition) is 4. The molecule has 0 saturated heterocycles. The minimum Gasteiger partial charge on any atom is -0.492 e. The van der Waals surface area contributed by atoms with Crippen LogP contribution in [0.4, 0.5) is 0 Å². The molecule has 6 heteroatoms. The Morgan fingerprint density at radius 2 is 1.83 bits per heavy atom. The predicted octanol–water partition coefficient (Wildman–Crippen LogP) is 4.61. The number of benzene rings is 2. The summed E-state index contributed by atoms with van der Waals surface area (Å²) in [7, 11) is 0. The smallest absolute Gasteiger partial charge is 0.333 e. The summed E-state index contributed by atoms with van der Waals surface area (Å²) >= 11 is 12.0. The van der Waals surface area contributed by atoms with Gasteiger partial charge in [-0.1, -0.05) is 42.4 Å². The third kappa shape index (κ3) is 4.56. The van der Waals surface area contributed by atoms with Gasteiger partial charge in [-0.15, -0.1) is 11.6 Å². The standard InChI is InChI=1S/C18H18Cl2O4/c1-12(2)18(21)24-10-9-23-17-14-6-4-3-5-13(14)16(11-15(17)20)22-8-7-19/h3-6,11H,1,7-10H2,2H3. The molecule has 0 unspecified atom stereocenters. The summed E-state index contributed by atoms with van der Waals surface area (Å²) in [4.78, 5) is 11.3. The number of ether oxygens (including phenoxy) is 3. The Hall–Kier alpha value is -1.91. The zero-order valence-electron chi connectivity index (χ0n) is 13.3. The lowest BCUT2D eigenvalue weighted by Gasteiger charge is -2.15. The summed E-state index contributed by atoms with van der Waals surface area (Å²) in [5, 5.41) is 2.12. The van der Waals surface area contributed by atoms with Crippen LogP contribution >= 0.6 is 23.2 Å². The number of halogens is 2. The van der Waals surface area contributed by atoms with Crippen LogP contribution < -0.4 is 9.47 Å². The van der Waals surface area contributed by atoms with Crippen LogP contribution in [-0.4, -0.2) is 31.7 Å². The average Bonchev–Trinajstić information content (AvgIpc) is 2.58. The second-order valence-corrected chi connectivity index (χ2v) is 5.82. The number of rotatable bonds is 8. The van der Waals surface area contributed by atoms with E-state index in [2.05, 4.69) is 6.58 Å². The van der Waals surface area contributed by atoms with Crippen LogP contribution in [-0.2, 0) is 9.53 Å². The molecule has 0 fully saturated rings. The SMILES string of the molecule is C=C(C)C(=O)OCCOc1c(Cl)cc(OCCCl)c2ccccc12. The third-order valence-electron chi connectivity index (χ3n) is 3.16. The lowest BCUT2D eigenvalue weighted by atomic mass is 10.1. The van der Waals surface area contributed by atoms with E-state index in [0.29, 0.717) is 34.6 Å². The first-order valence-corrected chi connectivity index (χ1v) is 8.31. The summed E-state index contributed by atoms with van der Waals surface area (Å²) in [6, 6.07) is 9.30. The van der Waals surface area contributed by atoms with Crippen LogP contribution in [0.1, 0.15) is 6.92 Å². The van der Waals surface area contributed by atoms with Crippen molar-refractivity contribution in [3.63, 3.8) is 0 Å². The van der Waals surface area contributed by atoms with Gasteiger partial charge < -0.3 is 14.2 Å². The van der Waals surface area contributed by atoms with Gasteiger partial charge in [0, 0.05) is 22.4 Å². The Morgan fingerprint density at radius 3 is 2.50 bits per heavy atom. The lowest BCUT2D eigenvalue weighted by Crippen LogP contribution is -2.12. The monoisotopic (exact) mass is 368 g/mol. The molecule has 0 bridgehead atoms. The van der Waals surface area contributed by atoms with E-state index in [9.17, 15) is 4.79 Å². The van der Waals surface area contributed by atoms with E-state index in [1.165, 1.54) is 0 Å². The molecular formula is C18H18Cl2O4.